The van der Waals surface area contributed by atoms with E-state index in [1.165, 1.54) is 12.8 Å². The van der Waals surface area contributed by atoms with Gasteiger partial charge in [0.1, 0.15) is 0 Å². The van der Waals surface area contributed by atoms with Crippen LogP contribution in [0.1, 0.15) is 19.8 Å². The maximum Gasteiger partial charge on any atom is 0.0945 e. The molecule has 0 amide bonds. The van der Waals surface area contributed by atoms with Crippen molar-refractivity contribution in [3.05, 3.63) is 18.7 Å². The summed E-state index contributed by atoms with van der Waals surface area (Å²) >= 11 is 0. The molecule has 0 atom stereocenters. The Morgan fingerprint density at radius 1 is 1.50 bits per heavy atom. The molecule has 0 radical (unpaired) electrons. The smallest absolute Gasteiger partial charge is 0.0945 e. The maximum absolute atomic E-state index is 3.94. The first-order valence-corrected chi connectivity index (χ1v) is 3.39. The molecule has 3 heteroatoms. The van der Waals surface area contributed by atoms with Gasteiger partial charge < -0.3 is 4.57 Å². The molecule has 0 aliphatic rings. The van der Waals surface area contributed by atoms with E-state index in [9.17, 15) is 0 Å². The molecule has 1 heterocycles. The molecule has 0 saturated carbocycles. The normalized spacial score (nSPS) is 8.90. The number of hydrogen-bond acceptors (Lipinski definition) is 1. The second kappa shape index (κ2) is 5.64. The van der Waals surface area contributed by atoms with Crippen LogP contribution in [-0.2, 0) is 27.0 Å². The Balaban J connectivity index is 0.000000810. The van der Waals surface area contributed by atoms with Crippen LogP contribution in [0.3, 0.4) is 0 Å². The van der Waals surface area contributed by atoms with Crippen LogP contribution in [0.4, 0.5) is 0 Å². The average molecular weight is 231 g/mol. The second-order valence-corrected chi connectivity index (χ2v) is 2.15. The summed E-state index contributed by atoms with van der Waals surface area (Å²) in [5.41, 5.74) is 0. The molecule has 0 saturated heterocycles. The monoisotopic (exact) mass is 230 g/mol. The number of imidazole rings is 1. The Morgan fingerprint density at radius 2 is 2.30 bits per heavy atom. The Labute approximate surface area is 75.3 Å². The van der Waals surface area contributed by atoms with Crippen molar-refractivity contribution in [2.24, 2.45) is 0 Å². The van der Waals surface area contributed by atoms with E-state index in [2.05, 4.69) is 16.5 Å². The first kappa shape index (κ1) is 9.87. The molecule has 0 aromatic carbocycles. The summed E-state index contributed by atoms with van der Waals surface area (Å²) in [5.74, 6) is 0. The van der Waals surface area contributed by atoms with Crippen LogP contribution in [0.5, 0.6) is 0 Å². The molecule has 60 valence electrons. The summed E-state index contributed by atoms with van der Waals surface area (Å²) < 4.78 is 2.10. The number of rotatable bonds is 3. The van der Waals surface area contributed by atoms with Gasteiger partial charge >= 0.3 is 0 Å². The predicted octanol–water partition coefficient (Wildman–Crippen LogP) is 1.68. The van der Waals surface area contributed by atoms with E-state index in [0.717, 1.165) is 6.54 Å². The molecule has 0 bridgehead atoms. The van der Waals surface area contributed by atoms with Crippen LogP contribution in [0, 0.1) is 0 Å². The van der Waals surface area contributed by atoms with Crippen molar-refractivity contribution in [2.45, 2.75) is 26.3 Å². The molecule has 0 aliphatic heterocycles. The zero-order valence-electron chi connectivity index (χ0n) is 6.06. The Morgan fingerprint density at radius 3 is 2.80 bits per heavy atom. The molecule has 2 nitrogen and oxygen atoms in total. The van der Waals surface area contributed by atoms with Gasteiger partial charge in [-0.2, -0.15) is 0 Å². The minimum absolute atomic E-state index is 0. The fourth-order valence-electron chi connectivity index (χ4n) is 0.760. The average Bonchev–Trinajstić information content (AvgIpc) is 2.34. The number of hydrogen-bond donors (Lipinski definition) is 0. The van der Waals surface area contributed by atoms with Crippen molar-refractivity contribution in [3.8, 4) is 0 Å². The standard InChI is InChI=1S/C7H12N2.Pd/c1-2-3-5-9-6-4-8-7-9;/h4,6-7H,2-3,5H2,1H3;. The zero-order valence-corrected chi connectivity index (χ0v) is 7.62. The van der Waals surface area contributed by atoms with Gasteiger partial charge in [-0.15, -0.1) is 0 Å². The van der Waals surface area contributed by atoms with Gasteiger partial charge in [0.05, 0.1) is 6.33 Å². The topological polar surface area (TPSA) is 17.8 Å². The predicted molar refractivity (Wildman–Crippen MR) is 37.1 cm³/mol. The number of aryl methyl sites for hydroxylation is 1. The third kappa shape index (κ3) is 3.15. The van der Waals surface area contributed by atoms with E-state index in [-0.39, 0.29) is 20.4 Å². The Kier molecular flexibility index (Phi) is 5.57. The van der Waals surface area contributed by atoms with Crippen molar-refractivity contribution >= 4 is 0 Å². The quantitative estimate of drug-likeness (QED) is 0.723. The van der Waals surface area contributed by atoms with Crippen molar-refractivity contribution in [2.75, 3.05) is 0 Å². The SMILES string of the molecule is CCCCn1ccnc1.[Pd]. The van der Waals surface area contributed by atoms with Gasteiger partial charge in [-0.25, -0.2) is 4.98 Å². The second-order valence-electron chi connectivity index (χ2n) is 2.15. The summed E-state index contributed by atoms with van der Waals surface area (Å²) in [6.07, 6.45) is 8.16. The van der Waals surface area contributed by atoms with E-state index in [1.54, 1.807) is 0 Å². The van der Waals surface area contributed by atoms with Crippen molar-refractivity contribution in [1.29, 1.82) is 0 Å². The van der Waals surface area contributed by atoms with Crippen molar-refractivity contribution in [1.82, 2.24) is 9.55 Å². The van der Waals surface area contributed by atoms with E-state index in [1.807, 2.05) is 18.7 Å². The van der Waals surface area contributed by atoms with Crippen LogP contribution in [-0.4, -0.2) is 9.55 Å². The molecule has 1 rings (SSSR count). The minimum Gasteiger partial charge on any atom is -0.337 e. The van der Waals surface area contributed by atoms with Gasteiger partial charge in [0.15, 0.2) is 0 Å². The van der Waals surface area contributed by atoms with Gasteiger partial charge in [-0.3, -0.25) is 0 Å². The maximum atomic E-state index is 3.94. The van der Waals surface area contributed by atoms with Gasteiger partial charge in [-0.05, 0) is 6.42 Å². The van der Waals surface area contributed by atoms with Crippen LogP contribution >= 0.6 is 0 Å². The Bertz CT molecular complexity index is 149. The van der Waals surface area contributed by atoms with Gasteiger partial charge in [0.2, 0.25) is 0 Å². The van der Waals surface area contributed by atoms with Gasteiger partial charge in [-0.1, -0.05) is 13.3 Å². The van der Waals surface area contributed by atoms with Crippen LogP contribution in [0.25, 0.3) is 0 Å². The van der Waals surface area contributed by atoms with E-state index < -0.39 is 0 Å². The zero-order chi connectivity index (χ0) is 6.53. The first-order valence-electron chi connectivity index (χ1n) is 3.39. The molecule has 0 spiro atoms. The molecule has 0 aliphatic carbocycles. The summed E-state index contributed by atoms with van der Waals surface area (Å²) in [6, 6.07) is 0. The molecule has 10 heavy (non-hydrogen) atoms. The molecule has 1 aromatic heterocycles. The number of aromatic nitrogens is 2. The van der Waals surface area contributed by atoms with Crippen LogP contribution < -0.4 is 0 Å². The molecular formula is C7H12N2Pd. The fraction of sp³-hybridized carbons (Fsp3) is 0.571. The van der Waals surface area contributed by atoms with Crippen molar-refractivity contribution < 1.29 is 20.4 Å². The fourth-order valence-corrected chi connectivity index (χ4v) is 0.760. The molecular weight excluding hydrogens is 219 g/mol. The van der Waals surface area contributed by atoms with Crippen LogP contribution in [0.2, 0.25) is 0 Å². The number of unbranched alkanes of at least 4 members (excludes halogenated alkanes) is 1. The van der Waals surface area contributed by atoms with Gasteiger partial charge in [0.25, 0.3) is 0 Å². The largest absolute Gasteiger partial charge is 0.337 e. The first-order chi connectivity index (χ1) is 4.43. The molecule has 0 N–H and O–H groups in total. The summed E-state index contributed by atoms with van der Waals surface area (Å²) in [4.78, 5) is 3.94. The summed E-state index contributed by atoms with van der Waals surface area (Å²) in [6.45, 7) is 3.30. The molecule has 0 fully saturated rings. The summed E-state index contributed by atoms with van der Waals surface area (Å²) in [5, 5.41) is 0. The third-order valence-electron chi connectivity index (χ3n) is 1.33. The van der Waals surface area contributed by atoms with Crippen molar-refractivity contribution in [3.63, 3.8) is 0 Å². The molecule has 0 unspecified atom stereocenters. The van der Waals surface area contributed by atoms with E-state index >= 15 is 0 Å². The number of nitrogens with zero attached hydrogens (tertiary/aromatic N) is 2. The summed E-state index contributed by atoms with van der Waals surface area (Å²) in [7, 11) is 0. The van der Waals surface area contributed by atoms with E-state index in [4.69, 9.17) is 0 Å². The van der Waals surface area contributed by atoms with E-state index in [0.29, 0.717) is 0 Å². The third-order valence-corrected chi connectivity index (χ3v) is 1.33. The van der Waals surface area contributed by atoms with Crippen LogP contribution in [0.15, 0.2) is 18.7 Å². The molecule has 1 aromatic rings. The van der Waals surface area contributed by atoms with Gasteiger partial charge in [0, 0.05) is 39.4 Å². The minimum atomic E-state index is 0. The Hall–Kier alpha value is -0.128.